The highest BCUT2D eigenvalue weighted by Crippen LogP contribution is 2.14. The first-order valence-corrected chi connectivity index (χ1v) is 8.93. The van der Waals surface area contributed by atoms with E-state index in [2.05, 4.69) is 5.32 Å². The molecule has 3 aromatic rings. The average molecular weight is 412 g/mol. The fraction of sp³-hybridized carbons (Fsp3) is 0.0455. The van der Waals surface area contributed by atoms with E-state index in [1.165, 1.54) is 42.5 Å². The minimum atomic E-state index is -0.671. The summed E-state index contributed by atoms with van der Waals surface area (Å²) in [6.07, 6.45) is 0. The number of nitrogens with one attached hydrogen (secondary N) is 1. The lowest BCUT2D eigenvalue weighted by Crippen LogP contribution is -2.15. The second kappa shape index (κ2) is 9.12. The summed E-state index contributed by atoms with van der Waals surface area (Å²) < 4.78 is 18.2. The average Bonchev–Trinajstić information content (AvgIpc) is 2.73. The van der Waals surface area contributed by atoms with Gasteiger partial charge in [0.05, 0.1) is 5.56 Å². The molecule has 0 aliphatic rings. The maximum Gasteiger partial charge on any atom is 0.338 e. The highest BCUT2D eigenvalue weighted by atomic mass is 35.5. The number of ketones is 1. The Morgan fingerprint density at radius 1 is 0.862 bits per heavy atom. The minimum Gasteiger partial charge on any atom is -0.454 e. The quantitative estimate of drug-likeness (QED) is 0.468. The number of esters is 1. The molecule has 0 fully saturated rings. The number of ether oxygens (including phenoxy) is 1. The molecular weight excluding hydrogens is 397 g/mol. The molecule has 0 radical (unpaired) electrons. The van der Waals surface area contributed by atoms with E-state index in [1.54, 1.807) is 24.3 Å². The van der Waals surface area contributed by atoms with E-state index < -0.39 is 24.3 Å². The number of Topliss-reactive ketones (excluding diaryl/α,β-unsaturated/α-hetero) is 1. The molecule has 0 saturated carbocycles. The molecule has 7 heteroatoms. The van der Waals surface area contributed by atoms with Gasteiger partial charge in [-0.1, -0.05) is 17.7 Å². The molecule has 3 rings (SSSR count). The molecule has 3 aromatic carbocycles. The molecule has 0 aliphatic carbocycles. The second-order valence-corrected chi connectivity index (χ2v) is 6.48. The van der Waals surface area contributed by atoms with Crippen molar-refractivity contribution in [3.63, 3.8) is 0 Å². The van der Waals surface area contributed by atoms with Gasteiger partial charge in [0, 0.05) is 21.8 Å². The van der Waals surface area contributed by atoms with Crippen LogP contribution in [0.2, 0.25) is 5.02 Å². The van der Waals surface area contributed by atoms with E-state index in [4.69, 9.17) is 16.3 Å². The van der Waals surface area contributed by atoms with Gasteiger partial charge in [0.25, 0.3) is 5.91 Å². The van der Waals surface area contributed by atoms with Gasteiger partial charge in [-0.3, -0.25) is 9.59 Å². The Hall–Kier alpha value is -3.51. The van der Waals surface area contributed by atoms with Gasteiger partial charge >= 0.3 is 5.97 Å². The smallest absolute Gasteiger partial charge is 0.338 e. The minimum absolute atomic E-state index is 0.175. The van der Waals surface area contributed by atoms with E-state index >= 15 is 0 Å². The van der Waals surface area contributed by atoms with Crippen molar-refractivity contribution in [2.75, 3.05) is 11.9 Å². The summed E-state index contributed by atoms with van der Waals surface area (Å²) in [5.41, 5.74) is 1.21. The van der Waals surface area contributed by atoms with Crippen LogP contribution in [0.15, 0.2) is 72.8 Å². The Kier molecular flexibility index (Phi) is 6.36. The van der Waals surface area contributed by atoms with Crippen molar-refractivity contribution in [1.29, 1.82) is 0 Å². The van der Waals surface area contributed by atoms with Crippen molar-refractivity contribution in [2.24, 2.45) is 0 Å². The van der Waals surface area contributed by atoms with E-state index in [9.17, 15) is 18.8 Å². The van der Waals surface area contributed by atoms with Gasteiger partial charge in [-0.25, -0.2) is 9.18 Å². The number of hydrogen-bond acceptors (Lipinski definition) is 4. The van der Waals surface area contributed by atoms with Crippen molar-refractivity contribution in [1.82, 2.24) is 0 Å². The number of amides is 1. The van der Waals surface area contributed by atoms with E-state index in [-0.39, 0.29) is 16.9 Å². The van der Waals surface area contributed by atoms with Crippen LogP contribution in [0, 0.1) is 5.82 Å². The van der Waals surface area contributed by atoms with Crippen LogP contribution in [-0.4, -0.2) is 24.3 Å². The third-order valence-corrected chi connectivity index (χ3v) is 4.22. The van der Waals surface area contributed by atoms with Crippen molar-refractivity contribution >= 4 is 34.9 Å². The summed E-state index contributed by atoms with van der Waals surface area (Å²) in [5.74, 6) is -2.01. The van der Waals surface area contributed by atoms with Crippen LogP contribution < -0.4 is 5.32 Å². The number of hydrogen-bond donors (Lipinski definition) is 1. The standard InChI is InChI=1S/C22H15ClFNO4/c23-17-8-4-14(5-9-17)20(26)13-29-22(28)15-6-10-19(11-7-15)25-21(27)16-2-1-3-18(24)12-16/h1-12H,13H2,(H,25,27). The topological polar surface area (TPSA) is 72.5 Å². The lowest BCUT2D eigenvalue weighted by Gasteiger charge is -2.07. The molecular formula is C22H15ClFNO4. The van der Waals surface area contributed by atoms with Gasteiger partial charge in [-0.2, -0.15) is 0 Å². The fourth-order valence-electron chi connectivity index (χ4n) is 2.46. The first kappa shape index (κ1) is 20.2. The summed E-state index contributed by atoms with van der Waals surface area (Å²) in [7, 11) is 0. The van der Waals surface area contributed by atoms with Crippen LogP contribution in [0.25, 0.3) is 0 Å². The second-order valence-electron chi connectivity index (χ2n) is 6.05. The molecule has 0 heterocycles. The Morgan fingerprint density at radius 2 is 1.52 bits per heavy atom. The van der Waals surface area contributed by atoms with Crippen molar-refractivity contribution in [3.05, 3.63) is 100 Å². The monoisotopic (exact) mass is 411 g/mol. The molecule has 0 atom stereocenters. The molecule has 5 nitrogen and oxygen atoms in total. The van der Waals surface area contributed by atoms with Crippen LogP contribution in [-0.2, 0) is 4.74 Å². The van der Waals surface area contributed by atoms with Gasteiger partial charge < -0.3 is 10.1 Å². The SMILES string of the molecule is O=C(COC(=O)c1ccc(NC(=O)c2cccc(F)c2)cc1)c1ccc(Cl)cc1. The van der Waals surface area contributed by atoms with Crippen LogP contribution in [0.4, 0.5) is 10.1 Å². The van der Waals surface area contributed by atoms with Crippen LogP contribution in [0.3, 0.4) is 0 Å². The highest BCUT2D eigenvalue weighted by molar-refractivity contribution is 6.30. The number of anilines is 1. The Morgan fingerprint density at radius 3 is 2.17 bits per heavy atom. The van der Waals surface area contributed by atoms with Gasteiger partial charge in [-0.05, 0) is 66.7 Å². The molecule has 1 amide bonds. The fourth-order valence-corrected chi connectivity index (χ4v) is 2.58. The zero-order chi connectivity index (χ0) is 20.8. The maximum atomic E-state index is 13.2. The third-order valence-electron chi connectivity index (χ3n) is 3.97. The molecule has 146 valence electrons. The van der Waals surface area contributed by atoms with E-state index in [0.717, 1.165) is 6.07 Å². The zero-order valence-electron chi connectivity index (χ0n) is 15.0. The van der Waals surface area contributed by atoms with Gasteiger partial charge in [0.2, 0.25) is 0 Å². The summed E-state index contributed by atoms with van der Waals surface area (Å²) in [5, 5.41) is 3.11. The lowest BCUT2D eigenvalue weighted by atomic mass is 10.1. The Labute approximate surface area is 171 Å². The molecule has 0 bridgehead atoms. The van der Waals surface area contributed by atoms with Crippen LogP contribution in [0.1, 0.15) is 31.1 Å². The van der Waals surface area contributed by atoms with Crippen molar-refractivity contribution < 1.29 is 23.5 Å². The highest BCUT2D eigenvalue weighted by Gasteiger charge is 2.13. The predicted molar refractivity (Wildman–Crippen MR) is 107 cm³/mol. The van der Waals surface area contributed by atoms with E-state index in [1.807, 2.05) is 0 Å². The molecule has 0 unspecified atom stereocenters. The van der Waals surface area contributed by atoms with Crippen molar-refractivity contribution in [2.45, 2.75) is 0 Å². The largest absolute Gasteiger partial charge is 0.454 e. The summed E-state index contributed by atoms with van der Waals surface area (Å²) in [6, 6.07) is 17.5. The maximum absolute atomic E-state index is 13.2. The molecule has 0 aliphatic heterocycles. The molecule has 0 spiro atoms. The zero-order valence-corrected chi connectivity index (χ0v) is 15.8. The van der Waals surface area contributed by atoms with Gasteiger partial charge in [-0.15, -0.1) is 0 Å². The number of benzene rings is 3. The molecule has 0 aromatic heterocycles. The van der Waals surface area contributed by atoms with E-state index in [0.29, 0.717) is 16.3 Å². The third kappa shape index (κ3) is 5.49. The Bertz CT molecular complexity index is 1050. The summed E-state index contributed by atoms with van der Waals surface area (Å²) in [4.78, 5) is 36.2. The lowest BCUT2D eigenvalue weighted by molar-refractivity contribution is 0.0475. The molecule has 29 heavy (non-hydrogen) atoms. The van der Waals surface area contributed by atoms with Crippen LogP contribution in [0.5, 0.6) is 0 Å². The number of carbonyl (C=O) groups is 3. The number of carbonyl (C=O) groups excluding carboxylic acids is 3. The van der Waals surface area contributed by atoms with Gasteiger partial charge in [0.1, 0.15) is 5.82 Å². The first-order valence-electron chi connectivity index (χ1n) is 8.55. The summed E-state index contributed by atoms with van der Waals surface area (Å²) >= 11 is 5.77. The van der Waals surface area contributed by atoms with Crippen LogP contribution >= 0.6 is 11.6 Å². The number of rotatable bonds is 6. The first-order chi connectivity index (χ1) is 13.9. The molecule has 1 N–H and O–H groups in total. The summed E-state index contributed by atoms with van der Waals surface area (Å²) in [6.45, 7) is -0.404. The Balaban J connectivity index is 1.56. The number of halogens is 2. The molecule has 0 saturated heterocycles. The van der Waals surface area contributed by atoms with Gasteiger partial charge in [0.15, 0.2) is 12.4 Å². The normalized spacial score (nSPS) is 10.3. The van der Waals surface area contributed by atoms with Crippen molar-refractivity contribution in [3.8, 4) is 0 Å². The predicted octanol–water partition coefficient (Wildman–Crippen LogP) is 4.77.